The molecule has 2 heterocycles. The molecular weight excluding hydrogens is 444 g/mol. The van der Waals surface area contributed by atoms with Crippen LogP contribution in [0.1, 0.15) is 57.1 Å². The van der Waals surface area contributed by atoms with Crippen molar-refractivity contribution in [2.75, 3.05) is 20.3 Å². The molecule has 0 bridgehead atoms. The minimum atomic E-state index is -0.685. The monoisotopic (exact) mass is 476 g/mol. The number of rotatable bonds is 10. The fourth-order valence-corrected chi connectivity index (χ4v) is 4.44. The molecule has 2 aromatic rings. The molecular formula is C27H32N4O4. The van der Waals surface area contributed by atoms with Crippen molar-refractivity contribution in [2.24, 2.45) is 10.3 Å². The Morgan fingerprint density at radius 1 is 1.00 bits per heavy atom. The second-order valence-electron chi connectivity index (χ2n) is 9.05. The summed E-state index contributed by atoms with van der Waals surface area (Å²) in [7, 11) is 1.60. The first-order valence-corrected chi connectivity index (χ1v) is 12.1. The van der Waals surface area contributed by atoms with Gasteiger partial charge < -0.3 is 14.8 Å². The lowest BCUT2D eigenvalue weighted by atomic mass is 9.79. The topological polar surface area (TPSA) is 92.6 Å². The van der Waals surface area contributed by atoms with E-state index in [0.29, 0.717) is 18.8 Å². The van der Waals surface area contributed by atoms with Crippen LogP contribution < -0.4 is 14.8 Å². The summed E-state index contributed by atoms with van der Waals surface area (Å²) in [6.07, 6.45) is 5.09. The third-order valence-electron chi connectivity index (χ3n) is 6.42. The smallest absolute Gasteiger partial charge is 0.272 e. The first-order valence-electron chi connectivity index (χ1n) is 12.1. The number of unbranched alkanes of at least 4 members (excludes halogenated alkanes) is 3. The van der Waals surface area contributed by atoms with Crippen LogP contribution in [0, 0.1) is 0 Å². The lowest BCUT2D eigenvalue weighted by Gasteiger charge is -2.38. The molecule has 0 saturated heterocycles. The van der Waals surface area contributed by atoms with Crippen molar-refractivity contribution in [1.29, 1.82) is 0 Å². The molecule has 35 heavy (non-hydrogen) atoms. The minimum absolute atomic E-state index is 0.0656. The van der Waals surface area contributed by atoms with Gasteiger partial charge >= 0.3 is 0 Å². The maximum absolute atomic E-state index is 13.4. The second-order valence-corrected chi connectivity index (χ2v) is 9.05. The van der Waals surface area contributed by atoms with Gasteiger partial charge in [-0.3, -0.25) is 9.59 Å². The number of carbonyl (C=O) groups excluding carboxylic acids is 2. The highest BCUT2D eigenvalue weighted by Gasteiger charge is 2.41. The van der Waals surface area contributed by atoms with Gasteiger partial charge in [-0.25, -0.2) is 0 Å². The molecule has 0 aliphatic carbocycles. The van der Waals surface area contributed by atoms with Crippen LogP contribution in [0.25, 0.3) is 5.57 Å². The van der Waals surface area contributed by atoms with Crippen molar-refractivity contribution < 1.29 is 19.1 Å². The predicted octanol–water partition coefficient (Wildman–Crippen LogP) is 5.01. The van der Waals surface area contributed by atoms with Crippen LogP contribution in [0.4, 0.5) is 0 Å². The highest BCUT2D eigenvalue weighted by molar-refractivity contribution is 6.06. The molecule has 0 radical (unpaired) electrons. The van der Waals surface area contributed by atoms with Crippen LogP contribution >= 0.6 is 0 Å². The number of methoxy groups -OCH3 is 1. The van der Waals surface area contributed by atoms with Crippen LogP contribution in [0.3, 0.4) is 0 Å². The van der Waals surface area contributed by atoms with Crippen LogP contribution in [0.5, 0.6) is 11.5 Å². The van der Waals surface area contributed by atoms with E-state index < -0.39 is 5.54 Å². The van der Waals surface area contributed by atoms with E-state index >= 15 is 0 Å². The van der Waals surface area contributed by atoms with E-state index in [-0.39, 0.29) is 24.1 Å². The summed E-state index contributed by atoms with van der Waals surface area (Å²) in [5.74, 6) is 0.826. The Kier molecular flexibility index (Phi) is 7.48. The standard InChI is InChI=1S/C27H32N4O4/c1-4-5-6-7-16-35-22-14-10-20(11-15-22)27(2)17-23(19-8-12-21(34-3)13-9-19)25(26(33)29-27)31-24(32)18-28-30-31/h8-15H,4-7,16-18H2,1-3H3,(H,29,33)/t27-/m0/s1. The molecule has 8 heteroatoms. The second kappa shape index (κ2) is 10.7. The molecule has 1 atom stereocenters. The lowest BCUT2D eigenvalue weighted by Crippen LogP contribution is -2.50. The fourth-order valence-electron chi connectivity index (χ4n) is 4.44. The molecule has 0 aromatic heterocycles. The maximum atomic E-state index is 13.4. The van der Waals surface area contributed by atoms with E-state index in [1.807, 2.05) is 55.5 Å². The van der Waals surface area contributed by atoms with E-state index in [9.17, 15) is 9.59 Å². The summed E-state index contributed by atoms with van der Waals surface area (Å²) in [4.78, 5) is 25.8. The lowest BCUT2D eigenvalue weighted by molar-refractivity contribution is -0.130. The van der Waals surface area contributed by atoms with Crippen LogP contribution in [-0.4, -0.2) is 37.1 Å². The number of hydrogen-bond acceptors (Lipinski definition) is 6. The quantitative estimate of drug-likeness (QED) is 0.488. The number of hydrogen-bond donors (Lipinski definition) is 1. The van der Waals surface area contributed by atoms with Crippen molar-refractivity contribution in [3.63, 3.8) is 0 Å². The number of amides is 2. The molecule has 0 spiro atoms. The number of nitrogens with one attached hydrogen (secondary N) is 1. The average Bonchev–Trinajstić information content (AvgIpc) is 3.29. The van der Waals surface area contributed by atoms with Gasteiger partial charge in [-0.05, 0) is 54.3 Å². The van der Waals surface area contributed by atoms with Gasteiger partial charge in [0.25, 0.3) is 11.8 Å². The normalized spacial score (nSPS) is 19.8. The van der Waals surface area contributed by atoms with Gasteiger partial charge in [-0.15, -0.1) is 0 Å². The van der Waals surface area contributed by atoms with Crippen molar-refractivity contribution in [1.82, 2.24) is 10.3 Å². The van der Waals surface area contributed by atoms with Gasteiger partial charge in [0.05, 0.1) is 19.3 Å². The molecule has 1 N–H and O–H groups in total. The Morgan fingerprint density at radius 3 is 2.34 bits per heavy atom. The summed E-state index contributed by atoms with van der Waals surface area (Å²) in [5.41, 5.74) is 2.03. The fraction of sp³-hybridized carbons (Fsp3) is 0.407. The van der Waals surface area contributed by atoms with E-state index in [2.05, 4.69) is 22.6 Å². The number of benzene rings is 2. The largest absolute Gasteiger partial charge is 0.497 e. The zero-order valence-electron chi connectivity index (χ0n) is 20.5. The Bertz CT molecular complexity index is 1120. The van der Waals surface area contributed by atoms with E-state index in [1.165, 1.54) is 19.3 Å². The molecule has 0 saturated carbocycles. The Hall–Kier alpha value is -3.68. The van der Waals surface area contributed by atoms with E-state index in [1.54, 1.807) is 7.11 Å². The highest BCUT2D eigenvalue weighted by Crippen LogP contribution is 2.40. The van der Waals surface area contributed by atoms with E-state index in [4.69, 9.17) is 9.47 Å². The predicted molar refractivity (Wildman–Crippen MR) is 133 cm³/mol. The molecule has 2 amide bonds. The van der Waals surface area contributed by atoms with Crippen LogP contribution in [0.15, 0.2) is 64.6 Å². The minimum Gasteiger partial charge on any atom is -0.497 e. The summed E-state index contributed by atoms with van der Waals surface area (Å²) in [5, 5.41) is 12.0. The van der Waals surface area contributed by atoms with E-state index in [0.717, 1.165) is 33.9 Å². The van der Waals surface area contributed by atoms with Crippen molar-refractivity contribution in [3.8, 4) is 11.5 Å². The van der Waals surface area contributed by atoms with Crippen molar-refractivity contribution >= 4 is 17.4 Å². The summed E-state index contributed by atoms with van der Waals surface area (Å²) in [6, 6.07) is 15.3. The zero-order valence-corrected chi connectivity index (χ0v) is 20.5. The number of nitrogens with zero attached hydrogens (tertiary/aromatic N) is 3. The van der Waals surface area contributed by atoms with Gasteiger partial charge in [0.2, 0.25) is 0 Å². The summed E-state index contributed by atoms with van der Waals surface area (Å²) < 4.78 is 11.2. The molecule has 2 aliphatic rings. The Morgan fingerprint density at radius 2 is 1.71 bits per heavy atom. The Labute approximate surface area is 206 Å². The molecule has 0 unspecified atom stereocenters. The first kappa shape index (κ1) is 24.4. The zero-order chi connectivity index (χ0) is 24.8. The summed E-state index contributed by atoms with van der Waals surface area (Å²) >= 11 is 0. The van der Waals surface area contributed by atoms with Crippen LogP contribution in [-0.2, 0) is 15.1 Å². The molecule has 184 valence electrons. The van der Waals surface area contributed by atoms with Crippen molar-refractivity contribution in [3.05, 3.63) is 65.4 Å². The molecule has 4 rings (SSSR count). The Balaban J connectivity index is 1.61. The third kappa shape index (κ3) is 5.37. The summed E-state index contributed by atoms with van der Waals surface area (Å²) in [6.45, 7) is 4.80. The molecule has 8 nitrogen and oxygen atoms in total. The number of carbonyl (C=O) groups is 2. The third-order valence-corrected chi connectivity index (χ3v) is 6.42. The van der Waals surface area contributed by atoms with Crippen LogP contribution in [0.2, 0.25) is 0 Å². The number of ether oxygens (including phenoxy) is 2. The maximum Gasteiger partial charge on any atom is 0.272 e. The highest BCUT2D eigenvalue weighted by atomic mass is 16.5. The molecule has 2 aliphatic heterocycles. The first-order chi connectivity index (χ1) is 16.9. The van der Waals surface area contributed by atoms with Gasteiger partial charge in [0.15, 0.2) is 0 Å². The molecule has 0 fully saturated rings. The van der Waals surface area contributed by atoms with Gasteiger partial charge in [-0.2, -0.15) is 10.1 Å². The van der Waals surface area contributed by atoms with Gasteiger partial charge in [0.1, 0.15) is 23.7 Å². The van der Waals surface area contributed by atoms with Gasteiger partial charge in [0, 0.05) is 6.42 Å². The van der Waals surface area contributed by atoms with Crippen molar-refractivity contribution in [2.45, 2.75) is 51.5 Å². The molecule has 2 aromatic carbocycles. The SMILES string of the molecule is CCCCCCOc1ccc([C@]2(C)CC(c3ccc(OC)cc3)=C(N3N=NCC3=O)C(=O)N2)cc1. The van der Waals surface area contributed by atoms with Gasteiger partial charge in [-0.1, -0.05) is 55.7 Å². The average molecular weight is 477 g/mol.